The second-order valence-electron chi connectivity index (χ2n) is 7.53. The summed E-state index contributed by atoms with van der Waals surface area (Å²) in [6, 6.07) is 20.3. The fraction of sp³-hybridized carbons (Fsp3) is 0.231. The standard InChI is InChI=1S/C26H28N2O3/c1-5-20-9-13-22(14-10-20)27-25(29)19(4)31-23-15-11-21(12-16-23)26(30)28-24-8-6-7-17(2)18(24)3/h6-16,19H,5H2,1-4H3,(H,27,29)(H,28,30)/t19-/m0/s1. The number of aryl methyl sites for hydroxylation is 2. The second kappa shape index (κ2) is 9.94. The van der Waals surface area contributed by atoms with Crippen molar-refractivity contribution in [1.82, 2.24) is 0 Å². The summed E-state index contributed by atoms with van der Waals surface area (Å²) >= 11 is 0. The maximum absolute atomic E-state index is 12.6. The molecule has 0 unspecified atom stereocenters. The number of anilines is 2. The number of ether oxygens (including phenoxy) is 1. The molecule has 0 aliphatic carbocycles. The third-order valence-corrected chi connectivity index (χ3v) is 5.28. The zero-order valence-electron chi connectivity index (χ0n) is 18.4. The number of rotatable bonds is 7. The first-order valence-corrected chi connectivity index (χ1v) is 10.4. The average Bonchev–Trinajstić information content (AvgIpc) is 2.77. The zero-order chi connectivity index (χ0) is 22.4. The van der Waals surface area contributed by atoms with E-state index in [1.165, 1.54) is 5.56 Å². The summed E-state index contributed by atoms with van der Waals surface area (Å²) in [7, 11) is 0. The van der Waals surface area contributed by atoms with Crippen molar-refractivity contribution in [2.24, 2.45) is 0 Å². The van der Waals surface area contributed by atoms with E-state index in [9.17, 15) is 9.59 Å². The van der Waals surface area contributed by atoms with Crippen LogP contribution in [0.5, 0.6) is 5.75 Å². The van der Waals surface area contributed by atoms with Crippen molar-refractivity contribution in [3.8, 4) is 5.75 Å². The lowest BCUT2D eigenvalue weighted by Crippen LogP contribution is -2.30. The third kappa shape index (κ3) is 5.72. The predicted octanol–water partition coefficient (Wildman–Crippen LogP) is 5.52. The molecule has 5 nitrogen and oxygen atoms in total. The molecule has 3 rings (SSSR count). The Bertz CT molecular complexity index is 1060. The summed E-state index contributed by atoms with van der Waals surface area (Å²) in [5, 5.41) is 5.79. The molecule has 3 aromatic carbocycles. The number of hydrogen-bond acceptors (Lipinski definition) is 3. The van der Waals surface area contributed by atoms with Gasteiger partial charge in [0.05, 0.1) is 0 Å². The van der Waals surface area contributed by atoms with Gasteiger partial charge in [-0.1, -0.05) is 31.2 Å². The molecule has 0 saturated heterocycles. The Labute approximate surface area is 183 Å². The molecule has 0 bridgehead atoms. The second-order valence-corrected chi connectivity index (χ2v) is 7.53. The fourth-order valence-corrected chi connectivity index (χ4v) is 3.09. The van der Waals surface area contributed by atoms with Gasteiger partial charge in [0, 0.05) is 16.9 Å². The highest BCUT2D eigenvalue weighted by Crippen LogP contribution is 2.20. The molecular weight excluding hydrogens is 388 g/mol. The normalized spacial score (nSPS) is 11.5. The fourth-order valence-electron chi connectivity index (χ4n) is 3.09. The minimum atomic E-state index is -0.680. The summed E-state index contributed by atoms with van der Waals surface area (Å²) in [6.45, 7) is 7.76. The van der Waals surface area contributed by atoms with Crippen LogP contribution in [0.4, 0.5) is 11.4 Å². The van der Waals surface area contributed by atoms with E-state index in [2.05, 4.69) is 17.6 Å². The lowest BCUT2D eigenvalue weighted by molar-refractivity contribution is -0.122. The van der Waals surface area contributed by atoms with E-state index in [-0.39, 0.29) is 11.8 Å². The number of amides is 2. The molecule has 0 aliphatic heterocycles. The topological polar surface area (TPSA) is 67.4 Å². The molecule has 0 aromatic heterocycles. The van der Waals surface area contributed by atoms with E-state index < -0.39 is 6.10 Å². The van der Waals surface area contributed by atoms with Gasteiger partial charge in [0.25, 0.3) is 11.8 Å². The van der Waals surface area contributed by atoms with E-state index in [1.54, 1.807) is 31.2 Å². The molecule has 1 atom stereocenters. The van der Waals surface area contributed by atoms with Crippen LogP contribution in [0, 0.1) is 13.8 Å². The van der Waals surface area contributed by atoms with Crippen molar-refractivity contribution >= 4 is 23.2 Å². The van der Waals surface area contributed by atoms with Gasteiger partial charge in [0.2, 0.25) is 0 Å². The van der Waals surface area contributed by atoms with Gasteiger partial charge in [-0.15, -0.1) is 0 Å². The number of hydrogen-bond donors (Lipinski definition) is 2. The molecule has 5 heteroatoms. The zero-order valence-corrected chi connectivity index (χ0v) is 18.4. The van der Waals surface area contributed by atoms with Crippen LogP contribution in [0.2, 0.25) is 0 Å². The van der Waals surface area contributed by atoms with Gasteiger partial charge in [-0.25, -0.2) is 0 Å². The van der Waals surface area contributed by atoms with E-state index in [0.717, 1.165) is 28.9 Å². The molecule has 2 N–H and O–H groups in total. The first-order chi connectivity index (χ1) is 14.9. The minimum Gasteiger partial charge on any atom is -0.481 e. The SMILES string of the molecule is CCc1ccc(NC(=O)[C@H](C)Oc2ccc(C(=O)Nc3cccc(C)c3C)cc2)cc1. The third-order valence-electron chi connectivity index (χ3n) is 5.28. The van der Waals surface area contributed by atoms with Crippen LogP contribution in [-0.2, 0) is 11.2 Å². The molecule has 0 spiro atoms. The van der Waals surface area contributed by atoms with Crippen molar-refractivity contribution in [1.29, 1.82) is 0 Å². The highest BCUT2D eigenvalue weighted by Gasteiger charge is 2.15. The Hall–Kier alpha value is -3.60. The molecule has 3 aromatic rings. The predicted molar refractivity (Wildman–Crippen MR) is 125 cm³/mol. The summed E-state index contributed by atoms with van der Waals surface area (Å²) in [6.07, 6.45) is 0.271. The van der Waals surface area contributed by atoms with Gasteiger partial charge < -0.3 is 15.4 Å². The number of carbonyl (C=O) groups excluding carboxylic acids is 2. The van der Waals surface area contributed by atoms with E-state index in [4.69, 9.17) is 4.74 Å². The molecular formula is C26H28N2O3. The Morgan fingerprint density at radius 1 is 0.903 bits per heavy atom. The van der Waals surface area contributed by atoms with E-state index >= 15 is 0 Å². The van der Waals surface area contributed by atoms with Gasteiger partial charge in [-0.05, 0) is 86.3 Å². The molecule has 2 amide bonds. The van der Waals surface area contributed by atoms with E-state index in [0.29, 0.717) is 11.3 Å². The van der Waals surface area contributed by atoms with Gasteiger partial charge in [-0.3, -0.25) is 9.59 Å². The van der Waals surface area contributed by atoms with Crippen LogP contribution in [0.15, 0.2) is 66.7 Å². The molecule has 0 fully saturated rings. The maximum Gasteiger partial charge on any atom is 0.265 e. The van der Waals surface area contributed by atoms with Crippen molar-refractivity contribution in [2.75, 3.05) is 10.6 Å². The maximum atomic E-state index is 12.6. The minimum absolute atomic E-state index is 0.193. The van der Waals surface area contributed by atoms with Crippen molar-refractivity contribution in [3.05, 3.63) is 89.0 Å². The van der Waals surface area contributed by atoms with E-state index in [1.807, 2.05) is 56.3 Å². The molecule has 0 radical (unpaired) electrons. The quantitative estimate of drug-likeness (QED) is 0.533. The van der Waals surface area contributed by atoms with Crippen molar-refractivity contribution < 1.29 is 14.3 Å². The van der Waals surface area contributed by atoms with Gasteiger partial charge in [0.1, 0.15) is 5.75 Å². The molecule has 31 heavy (non-hydrogen) atoms. The Kier molecular flexibility index (Phi) is 7.08. The highest BCUT2D eigenvalue weighted by molar-refractivity contribution is 6.04. The van der Waals surface area contributed by atoms with Crippen LogP contribution >= 0.6 is 0 Å². The molecule has 0 saturated carbocycles. The summed E-state index contributed by atoms with van der Waals surface area (Å²) in [5.41, 5.74) is 5.42. The Balaban J connectivity index is 1.58. The van der Waals surface area contributed by atoms with Crippen LogP contribution in [0.1, 0.15) is 40.9 Å². The number of carbonyl (C=O) groups is 2. The van der Waals surface area contributed by atoms with Gasteiger partial charge in [-0.2, -0.15) is 0 Å². The van der Waals surface area contributed by atoms with Crippen LogP contribution in [0.3, 0.4) is 0 Å². The van der Waals surface area contributed by atoms with Gasteiger partial charge >= 0.3 is 0 Å². The van der Waals surface area contributed by atoms with Crippen LogP contribution < -0.4 is 15.4 Å². The number of nitrogens with one attached hydrogen (secondary N) is 2. The lowest BCUT2D eigenvalue weighted by Gasteiger charge is -2.15. The summed E-state index contributed by atoms with van der Waals surface area (Å²) in [5.74, 6) is 0.0924. The largest absolute Gasteiger partial charge is 0.481 e. The van der Waals surface area contributed by atoms with Crippen LogP contribution in [-0.4, -0.2) is 17.9 Å². The molecule has 160 valence electrons. The molecule has 0 aliphatic rings. The number of benzene rings is 3. The lowest BCUT2D eigenvalue weighted by atomic mass is 10.1. The van der Waals surface area contributed by atoms with Crippen molar-refractivity contribution in [2.45, 2.75) is 40.2 Å². The van der Waals surface area contributed by atoms with Gasteiger partial charge in [0.15, 0.2) is 6.10 Å². The first kappa shape index (κ1) is 22.1. The smallest absolute Gasteiger partial charge is 0.265 e. The summed E-state index contributed by atoms with van der Waals surface area (Å²) in [4.78, 5) is 25.0. The van der Waals surface area contributed by atoms with Crippen LogP contribution in [0.25, 0.3) is 0 Å². The monoisotopic (exact) mass is 416 g/mol. The molecule has 0 heterocycles. The highest BCUT2D eigenvalue weighted by atomic mass is 16.5. The van der Waals surface area contributed by atoms with Crippen molar-refractivity contribution in [3.63, 3.8) is 0 Å². The Morgan fingerprint density at radius 2 is 1.58 bits per heavy atom. The summed E-state index contributed by atoms with van der Waals surface area (Å²) < 4.78 is 5.74. The first-order valence-electron chi connectivity index (χ1n) is 10.4. The average molecular weight is 417 g/mol. The Morgan fingerprint density at radius 3 is 2.23 bits per heavy atom.